The monoisotopic (exact) mass is 376 g/mol. The topological polar surface area (TPSA) is 75.9 Å². The van der Waals surface area contributed by atoms with Crippen LogP contribution in [-0.4, -0.2) is 39.0 Å². The van der Waals surface area contributed by atoms with Crippen LogP contribution in [0, 0.1) is 19.8 Å². The highest BCUT2D eigenvalue weighted by molar-refractivity contribution is 5.94. The van der Waals surface area contributed by atoms with E-state index in [1.54, 1.807) is 10.9 Å². The van der Waals surface area contributed by atoms with Gasteiger partial charge in [0, 0.05) is 31.2 Å². The summed E-state index contributed by atoms with van der Waals surface area (Å²) in [7, 11) is 0. The Bertz CT molecular complexity index is 931. The van der Waals surface area contributed by atoms with E-state index in [0.717, 1.165) is 42.0 Å². The maximum absolute atomic E-state index is 12.9. The van der Waals surface area contributed by atoms with Crippen LogP contribution >= 0.6 is 0 Å². The lowest BCUT2D eigenvalue weighted by atomic mass is 9.96. The van der Waals surface area contributed by atoms with Crippen LogP contribution in [0.3, 0.4) is 0 Å². The van der Waals surface area contributed by atoms with Crippen molar-refractivity contribution < 1.29 is 4.79 Å². The predicted molar refractivity (Wildman–Crippen MR) is 109 cm³/mol. The van der Waals surface area contributed by atoms with Crippen molar-refractivity contribution in [2.45, 2.75) is 26.7 Å². The molecule has 1 saturated heterocycles. The maximum atomic E-state index is 12.9. The van der Waals surface area contributed by atoms with Crippen molar-refractivity contribution in [3.63, 3.8) is 0 Å². The van der Waals surface area contributed by atoms with Gasteiger partial charge in [-0.05, 0) is 56.0 Å². The summed E-state index contributed by atoms with van der Waals surface area (Å²) < 4.78 is 1.67. The summed E-state index contributed by atoms with van der Waals surface area (Å²) in [4.78, 5) is 15.0. The number of amides is 1. The molecule has 1 unspecified atom stereocenters. The van der Waals surface area contributed by atoms with Crippen LogP contribution in [-0.2, 0) is 4.79 Å². The number of carbonyl (C=O) groups excluding carboxylic acids is 1. The first kappa shape index (κ1) is 18.2. The van der Waals surface area contributed by atoms with E-state index in [2.05, 4.69) is 25.5 Å². The molecule has 3 heterocycles. The molecule has 2 aromatic heterocycles. The van der Waals surface area contributed by atoms with E-state index in [1.165, 1.54) is 0 Å². The molecule has 1 aliphatic heterocycles. The molecule has 0 bridgehead atoms. The standard InChI is InChI=1S/C21H24N6O/c1-15-6-3-7-16(2)20(15)23-21(28)17-8-4-12-26(14-17)18-9-10-19(25-24-18)27-13-5-11-22-27/h3,5-7,9-11,13,17H,4,8,12,14H2,1-2H3,(H,23,28). The Balaban J connectivity index is 1.44. The summed E-state index contributed by atoms with van der Waals surface area (Å²) in [6.07, 6.45) is 5.37. The zero-order chi connectivity index (χ0) is 19.5. The van der Waals surface area contributed by atoms with Crippen LogP contribution in [0.5, 0.6) is 0 Å². The molecule has 0 spiro atoms. The van der Waals surface area contributed by atoms with Gasteiger partial charge in [0.05, 0.1) is 5.92 Å². The third-order valence-corrected chi connectivity index (χ3v) is 5.22. The lowest BCUT2D eigenvalue weighted by Gasteiger charge is -2.32. The molecule has 1 N–H and O–H groups in total. The Morgan fingerprint density at radius 1 is 1.07 bits per heavy atom. The van der Waals surface area contributed by atoms with Crippen LogP contribution in [0.1, 0.15) is 24.0 Å². The van der Waals surface area contributed by atoms with Gasteiger partial charge in [0.2, 0.25) is 5.91 Å². The first-order valence-corrected chi connectivity index (χ1v) is 9.57. The normalized spacial score (nSPS) is 16.8. The molecule has 1 aromatic carbocycles. The smallest absolute Gasteiger partial charge is 0.229 e. The number of hydrogen-bond acceptors (Lipinski definition) is 5. The summed E-state index contributed by atoms with van der Waals surface area (Å²) in [5.41, 5.74) is 3.09. The van der Waals surface area contributed by atoms with Gasteiger partial charge in [0.25, 0.3) is 0 Å². The molecule has 0 aliphatic carbocycles. The number of nitrogens with zero attached hydrogens (tertiary/aromatic N) is 5. The van der Waals surface area contributed by atoms with Gasteiger partial charge in [-0.2, -0.15) is 5.10 Å². The molecule has 3 aromatic rings. The maximum Gasteiger partial charge on any atom is 0.229 e. The van der Waals surface area contributed by atoms with Crippen LogP contribution in [0.15, 0.2) is 48.8 Å². The minimum absolute atomic E-state index is 0.0691. The largest absolute Gasteiger partial charge is 0.354 e. The van der Waals surface area contributed by atoms with E-state index >= 15 is 0 Å². The number of rotatable bonds is 4. The molecule has 0 saturated carbocycles. The third-order valence-electron chi connectivity index (χ3n) is 5.22. The van der Waals surface area contributed by atoms with Crippen molar-refractivity contribution >= 4 is 17.4 Å². The summed E-state index contributed by atoms with van der Waals surface area (Å²) >= 11 is 0. The Hall–Kier alpha value is -3.22. The fourth-order valence-corrected chi connectivity index (χ4v) is 3.65. The first-order valence-electron chi connectivity index (χ1n) is 9.57. The fraction of sp³-hybridized carbons (Fsp3) is 0.333. The number of piperidine rings is 1. The molecule has 0 radical (unpaired) electrons. The van der Waals surface area contributed by atoms with Gasteiger partial charge >= 0.3 is 0 Å². The fourth-order valence-electron chi connectivity index (χ4n) is 3.65. The van der Waals surface area contributed by atoms with Gasteiger partial charge < -0.3 is 10.2 Å². The number of hydrogen-bond donors (Lipinski definition) is 1. The van der Waals surface area contributed by atoms with Gasteiger partial charge in [-0.3, -0.25) is 4.79 Å². The van der Waals surface area contributed by atoms with E-state index in [4.69, 9.17) is 0 Å². The van der Waals surface area contributed by atoms with E-state index in [9.17, 15) is 4.79 Å². The van der Waals surface area contributed by atoms with Crippen LogP contribution < -0.4 is 10.2 Å². The number of carbonyl (C=O) groups is 1. The molecule has 7 nitrogen and oxygen atoms in total. The van der Waals surface area contributed by atoms with Gasteiger partial charge in [0.15, 0.2) is 11.6 Å². The summed E-state index contributed by atoms with van der Waals surface area (Å²) in [6, 6.07) is 11.7. The summed E-state index contributed by atoms with van der Waals surface area (Å²) in [6.45, 7) is 5.56. The zero-order valence-electron chi connectivity index (χ0n) is 16.2. The Labute approximate surface area is 164 Å². The van der Waals surface area contributed by atoms with E-state index in [0.29, 0.717) is 12.4 Å². The minimum atomic E-state index is -0.0691. The van der Waals surface area contributed by atoms with Crippen molar-refractivity contribution in [2.24, 2.45) is 5.92 Å². The second-order valence-electron chi connectivity index (χ2n) is 7.24. The quantitative estimate of drug-likeness (QED) is 0.757. The average molecular weight is 376 g/mol. The van der Waals surface area contributed by atoms with Gasteiger partial charge in [-0.15, -0.1) is 10.2 Å². The highest BCUT2D eigenvalue weighted by atomic mass is 16.1. The zero-order valence-corrected chi connectivity index (χ0v) is 16.2. The van der Waals surface area contributed by atoms with Gasteiger partial charge in [0.1, 0.15) is 0 Å². The van der Waals surface area contributed by atoms with Crippen molar-refractivity contribution in [3.05, 3.63) is 59.9 Å². The second-order valence-corrected chi connectivity index (χ2v) is 7.24. The van der Waals surface area contributed by atoms with Gasteiger partial charge in [-0.25, -0.2) is 4.68 Å². The predicted octanol–water partition coefficient (Wildman–Crippen LogP) is 3.13. The van der Waals surface area contributed by atoms with E-state index in [1.807, 2.05) is 56.4 Å². The number of anilines is 2. The molecule has 28 heavy (non-hydrogen) atoms. The molecule has 1 aliphatic rings. The second kappa shape index (κ2) is 7.80. The van der Waals surface area contributed by atoms with Crippen molar-refractivity contribution in [3.8, 4) is 5.82 Å². The SMILES string of the molecule is Cc1cccc(C)c1NC(=O)C1CCCN(c2ccc(-n3cccn3)nn2)C1. The average Bonchev–Trinajstić information content (AvgIpc) is 3.26. The highest BCUT2D eigenvalue weighted by Gasteiger charge is 2.27. The van der Waals surface area contributed by atoms with Gasteiger partial charge in [-0.1, -0.05) is 18.2 Å². The molecule has 7 heteroatoms. The lowest BCUT2D eigenvalue weighted by molar-refractivity contribution is -0.120. The number of benzene rings is 1. The first-order chi connectivity index (χ1) is 13.6. The van der Waals surface area contributed by atoms with Crippen LogP contribution in [0.25, 0.3) is 5.82 Å². The van der Waals surface area contributed by atoms with E-state index < -0.39 is 0 Å². The Kier molecular flexibility index (Phi) is 5.06. The van der Waals surface area contributed by atoms with Crippen molar-refractivity contribution in [1.82, 2.24) is 20.0 Å². The number of aryl methyl sites for hydroxylation is 2. The Morgan fingerprint density at radius 2 is 1.82 bits per heavy atom. The van der Waals surface area contributed by atoms with Crippen molar-refractivity contribution in [1.29, 1.82) is 0 Å². The third kappa shape index (κ3) is 3.74. The molecule has 1 fully saturated rings. The number of nitrogens with one attached hydrogen (secondary N) is 1. The number of para-hydroxylation sites is 1. The molecular weight excluding hydrogens is 352 g/mol. The van der Waals surface area contributed by atoms with E-state index in [-0.39, 0.29) is 11.8 Å². The highest BCUT2D eigenvalue weighted by Crippen LogP contribution is 2.25. The van der Waals surface area contributed by atoms with Crippen molar-refractivity contribution in [2.75, 3.05) is 23.3 Å². The lowest BCUT2D eigenvalue weighted by Crippen LogP contribution is -2.41. The molecular formula is C21H24N6O. The molecule has 144 valence electrons. The number of aromatic nitrogens is 4. The van der Waals surface area contributed by atoms with Crippen LogP contribution in [0.4, 0.5) is 11.5 Å². The summed E-state index contributed by atoms with van der Waals surface area (Å²) in [5, 5.41) is 15.9. The van der Waals surface area contributed by atoms with Crippen LogP contribution in [0.2, 0.25) is 0 Å². The molecule has 4 rings (SSSR count). The molecule has 1 atom stereocenters. The Morgan fingerprint density at radius 3 is 2.50 bits per heavy atom. The summed E-state index contributed by atoms with van der Waals surface area (Å²) in [5.74, 6) is 1.47. The minimum Gasteiger partial charge on any atom is -0.354 e. The molecule has 1 amide bonds.